The van der Waals surface area contributed by atoms with E-state index in [0.717, 1.165) is 0 Å². The number of para-hydroxylation sites is 1. The molecule has 0 unspecified atom stereocenters. The second kappa shape index (κ2) is 3.59. The standard InChI is InChI=1S/C10H6O3S/c11-9-5-7(6-14-12)13-10-4-2-1-3-8(9)10/h1-6H. The van der Waals surface area contributed by atoms with Crippen molar-refractivity contribution in [3.63, 3.8) is 0 Å². The summed E-state index contributed by atoms with van der Waals surface area (Å²) in [6, 6.07) is 8.25. The van der Waals surface area contributed by atoms with E-state index >= 15 is 0 Å². The molecule has 0 bridgehead atoms. The number of hydrogen-bond donors (Lipinski definition) is 0. The molecule has 0 radical (unpaired) electrons. The van der Waals surface area contributed by atoms with Crippen LogP contribution in [-0.2, 0) is 11.3 Å². The van der Waals surface area contributed by atoms with E-state index in [0.29, 0.717) is 16.7 Å². The quantitative estimate of drug-likeness (QED) is 0.658. The molecule has 1 aromatic heterocycles. The molecular weight excluding hydrogens is 200 g/mol. The van der Waals surface area contributed by atoms with Crippen LogP contribution in [0.1, 0.15) is 5.76 Å². The predicted molar refractivity (Wildman–Crippen MR) is 55.8 cm³/mol. The lowest BCUT2D eigenvalue weighted by molar-refractivity contribution is 0.596. The van der Waals surface area contributed by atoms with Gasteiger partial charge in [-0.25, -0.2) is 4.21 Å². The molecule has 70 valence electrons. The van der Waals surface area contributed by atoms with Crippen LogP contribution in [0.15, 0.2) is 39.5 Å². The van der Waals surface area contributed by atoms with Crippen molar-refractivity contribution in [1.82, 2.24) is 0 Å². The fourth-order valence-corrected chi connectivity index (χ4v) is 1.44. The molecule has 0 fully saturated rings. The molecule has 0 spiro atoms. The zero-order chi connectivity index (χ0) is 9.97. The van der Waals surface area contributed by atoms with Gasteiger partial charge < -0.3 is 4.42 Å². The van der Waals surface area contributed by atoms with Gasteiger partial charge in [-0.2, -0.15) is 0 Å². The van der Waals surface area contributed by atoms with Crippen LogP contribution >= 0.6 is 0 Å². The Labute approximate surface area is 83.1 Å². The third-order valence-corrected chi connectivity index (χ3v) is 2.15. The second-order valence-corrected chi connectivity index (χ2v) is 3.15. The van der Waals surface area contributed by atoms with Gasteiger partial charge in [0.1, 0.15) is 11.3 Å². The Hall–Kier alpha value is -1.68. The van der Waals surface area contributed by atoms with Crippen molar-refractivity contribution in [3.05, 3.63) is 46.3 Å². The highest BCUT2D eigenvalue weighted by molar-refractivity contribution is 7.65. The zero-order valence-electron chi connectivity index (χ0n) is 7.10. The van der Waals surface area contributed by atoms with Gasteiger partial charge in [0.15, 0.2) is 5.43 Å². The minimum absolute atomic E-state index is 0.132. The van der Waals surface area contributed by atoms with Crippen LogP contribution in [0.3, 0.4) is 0 Å². The minimum Gasteiger partial charge on any atom is -0.455 e. The van der Waals surface area contributed by atoms with E-state index in [1.807, 2.05) is 0 Å². The van der Waals surface area contributed by atoms with Crippen molar-refractivity contribution < 1.29 is 8.63 Å². The Bertz CT molecular complexity index is 579. The van der Waals surface area contributed by atoms with E-state index in [1.54, 1.807) is 24.3 Å². The zero-order valence-corrected chi connectivity index (χ0v) is 7.91. The Morgan fingerprint density at radius 2 is 2.07 bits per heavy atom. The molecule has 1 heterocycles. The van der Waals surface area contributed by atoms with Crippen molar-refractivity contribution >= 4 is 27.6 Å². The van der Waals surface area contributed by atoms with Crippen LogP contribution in [0, 0.1) is 0 Å². The lowest BCUT2D eigenvalue weighted by Gasteiger charge is -1.96. The van der Waals surface area contributed by atoms with Gasteiger partial charge in [0.2, 0.25) is 0 Å². The molecule has 4 heteroatoms. The molecule has 0 aliphatic rings. The third-order valence-electron chi connectivity index (χ3n) is 1.82. The molecule has 3 nitrogen and oxygen atoms in total. The van der Waals surface area contributed by atoms with Gasteiger partial charge in [-0.1, -0.05) is 12.1 Å². The number of fused-ring (bicyclic) bond motifs is 1. The van der Waals surface area contributed by atoms with E-state index in [1.165, 1.54) is 11.4 Å². The largest absolute Gasteiger partial charge is 0.455 e. The van der Waals surface area contributed by atoms with Crippen LogP contribution in [0.5, 0.6) is 0 Å². The summed E-state index contributed by atoms with van der Waals surface area (Å²) in [4.78, 5) is 11.5. The van der Waals surface area contributed by atoms with E-state index < -0.39 is 0 Å². The van der Waals surface area contributed by atoms with E-state index in [4.69, 9.17) is 4.42 Å². The summed E-state index contributed by atoms with van der Waals surface area (Å²) in [5, 5.41) is 1.79. The van der Waals surface area contributed by atoms with E-state index in [9.17, 15) is 9.00 Å². The maximum Gasteiger partial charge on any atom is 0.193 e. The lowest BCUT2D eigenvalue weighted by Crippen LogP contribution is -2.01. The molecule has 0 aliphatic carbocycles. The average molecular weight is 206 g/mol. The first-order valence-electron chi connectivity index (χ1n) is 3.96. The Balaban J connectivity index is 2.85. The van der Waals surface area contributed by atoms with Crippen LogP contribution in [-0.4, -0.2) is 9.58 Å². The van der Waals surface area contributed by atoms with Gasteiger partial charge in [0.25, 0.3) is 0 Å². The fourth-order valence-electron chi connectivity index (χ4n) is 1.23. The van der Waals surface area contributed by atoms with Crippen molar-refractivity contribution in [2.24, 2.45) is 0 Å². The summed E-state index contributed by atoms with van der Waals surface area (Å²) in [5.41, 5.74) is 0.368. The first kappa shape index (κ1) is 8.90. The third kappa shape index (κ3) is 1.52. The molecule has 0 amide bonds. The molecule has 0 saturated carbocycles. The molecule has 0 atom stereocenters. The summed E-state index contributed by atoms with van der Waals surface area (Å²) >= 11 is 0.264. The van der Waals surface area contributed by atoms with Crippen LogP contribution < -0.4 is 5.43 Å². The second-order valence-electron chi connectivity index (χ2n) is 2.72. The van der Waals surface area contributed by atoms with Crippen LogP contribution in [0.2, 0.25) is 0 Å². The maximum atomic E-state index is 11.5. The van der Waals surface area contributed by atoms with Gasteiger partial charge in [-0.15, -0.1) is 0 Å². The molecule has 0 saturated heterocycles. The highest BCUT2D eigenvalue weighted by Crippen LogP contribution is 2.09. The molecule has 0 N–H and O–H groups in total. The Morgan fingerprint density at radius 3 is 2.86 bits per heavy atom. The molecular formula is C10H6O3S. The molecule has 2 aromatic rings. The monoisotopic (exact) mass is 206 g/mol. The number of hydrogen-bond acceptors (Lipinski definition) is 3. The van der Waals surface area contributed by atoms with Gasteiger partial charge in [0, 0.05) is 6.07 Å². The number of benzene rings is 1. The van der Waals surface area contributed by atoms with Crippen molar-refractivity contribution in [3.8, 4) is 0 Å². The molecule has 0 aliphatic heterocycles. The smallest absolute Gasteiger partial charge is 0.193 e. The first-order valence-corrected chi connectivity index (χ1v) is 4.76. The molecule has 14 heavy (non-hydrogen) atoms. The summed E-state index contributed by atoms with van der Waals surface area (Å²) in [6.45, 7) is 0. The van der Waals surface area contributed by atoms with Gasteiger partial charge >= 0.3 is 0 Å². The summed E-state index contributed by atoms with van der Waals surface area (Å²) in [6.07, 6.45) is 0. The first-order chi connectivity index (χ1) is 6.81. The average Bonchev–Trinajstić information content (AvgIpc) is 2.18. The van der Waals surface area contributed by atoms with E-state index in [2.05, 4.69) is 0 Å². The SMILES string of the molecule is O=S=Cc1cc(=O)c2ccccc2o1. The highest BCUT2D eigenvalue weighted by atomic mass is 32.1. The number of rotatable bonds is 1. The Kier molecular flexibility index (Phi) is 2.28. The van der Waals surface area contributed by atoms with Gasteiger partial charge in [0.05, 0.1) is 22.0 Å². The fraction of sp³-hybridized carbons (Fsp3) is 0. The minimum atomic E-state index is -0.132. The van der Waals surface area contributed by atoms with Gasteiger partial charge in [-0.05, 0) is 12.1 Å². The Morgan fingerprint density at radius 1 is 1.29 bits per heavy atom. The highest BCUT2D eigenvalue weighted by Gasteiger charge is 2.01. The lowest BCUT2D eigenvalue weighted by atomic mass is 10.2. The van der Waals surface area contributed by atoms with Crippen LogP contribution in [0.25, 0.3) is 11.0 Å². The summed E-state index contributed by atoms with van der Waals surface area (Å²) < 4.78 is 15.6. The predicted octanol–water partition coefficient (Wildman–Crippen LogP) is 1.16. The topological polar surface area (TPSA) is 47.3 Å². The normalized spacial score (nSPS) is 10.0. The van der Waals surface area contributed by atoms with Gasteiger partial charge in [-0.3, -0.25) is 4.79 Å². The summed E-state index contributed by atoms with van der Waals surface area (Å²) in [7, 11) is 0. The van der Waals surface area contributed by atoms with Crippen molar-refractivity contribution in [2.45, 2.75) is 0 Å². The summed E-state index contributed by atoms with van der Waals surface area (Å²) in [5.74, 6) is 0.300. The van der Waals surface area contributed by atoms with Crippen molar-refractivity contribution in [2.75, 3.05) is 0 Å². The van der Waals surface area contributed by atoms with E-state index in [-0.39, 0.29) is 16.7 Å². The van der Waals surface area contributed by atoms with Crippen LogP contribution in [0.4, 0.5) is 0 Å². The van der Waals surface area contributed by atoms with Crippen molar-refractivity contribution in [1.29, 1.82) is 0 Å². The maximum absolute atomic E-state index is 11.5. The molecule has 1 aromatic carbocycles. The molecule has 2 rings (SSSR count).